The smallest absolute Gasteiger partial charge is 0.0721 e. The first kappa shape index (κ1) is 39.4. The molecule has 0 bridgehead atoms. The molecule has 66 heavy (non-hydrogen) atoms. The van der Waals surface area contributed by atoms with Crippen molar-refractivity contribution in [3.05, 3.63) is 288 Å². The molecule has 0 saturated heterocycles. The first-order valence-electron chi connectivity index (χ1n) is 23.0. The fourth-order valence-electron chi connectivity index (χ4n) is 11.3. The van der Waals surface area contributed by atoms with E-state index >= 15 is 0 Å². The molecule has 2 heteroatoms. The molecule has 1 unspecified atom stereocenters. The summed E-state index contributed by atoms with van der Waals surface area (Å²) in [4.78, 5) is 4.96. The summed E-state index contributed by atoms with van der Waals surface area (Å²) < 4.78 is 0. The molecular weight excluding hydrogens is 797 g/mol. The second-order valence-electron chi connectivity index (χ2n) is 18.0. The first-order chi connectivity index (χ1) is 32.5. The fraction of sp³-hybridized carbons (Fsp3) is 0.0625. The molecule has 0 amide bonds. The quantitative estimate of drug-likeness (QED) is 0.150. The SMILES string of the molecule is CC1(C)c2ccccc2C2(c3ccccc3-c3c(N(c4ccccc4)c4cccc(-c5ccccc5)c4)cccc32)c2cccc(N(c3ccccc3)c3cccc(-c4ccccc4)c3)c21. The lowest BCUT2D eigenvalue weighted by Gasteiger charge is -2.48. The van der Waals surface area contributed by atoms with Gasteiger partial charge in [0.15, 0.2) is 0 Å². The van der Waals surface area contributed by atoms with Gasteiger partial charge in [-0.05, 0) is 122 Å². The molecule has 12 rings (SSSR count). The molecule has 0 aliphatic heterocycles. The van der Waals surface area contributed by atoms with Gasteiger partial charge in [0.05, 0.1) is 16.8 Å². The van der Waals surface area contributed by atoms with E-state index in [4.69, 9.17) is 0 Å². The number of para-hydroxylation sites is 2. The monoisotopic (exact) mass is 844 g/mol. The van der Waals surface area contributed by atoms with Crippen LogP contribution in [0.1, 0.15) is 47.2 Å². The number of benzene rings is 10. The molecule has 0 saturated carbocycles. The lowest BCUT2D eigenvalue weighted by atomic mass is 9.55. The average molecular weight is 845 g/mol. The second kappa shape index (κ2) is 15.8. The van der Waals surface area contributed by atoms with Gasteiger partial charge in [-0.1, -0.05) is 208 Å². The van der Waals surface area contributed by atoms with Gasteiger partial charge < -0.3 is 9.80 Å². The largest absolute Gasteiger partial charge is 0.310 e. The molecule has 0 heterocycles. The van der Waals surface area contributed by atoms with Gasteiger partial charge in [-0.3, -0.25) is 0 Å². The van der Waals surface area contributed by atoms with Gasteiger partial charge in [-0.25, -0.2) is 0 Å². The summed E-state index contributed by atoms with van der Waals surface area (Å²) in [5.74, 6) is 0. The summed E-state index contributed by atoms with van der Waals surface area (Å²) >= 11 is 0. The van der Waals surface area contributed by atoms with Gasteiger partial charge in [0, 0.05) is 33.7 Å². The summed E-state index contributed by atoms with van der Waals surface area (Å²) in [6.45, 7) is 4.86. The Morgan fingerprint density at radius 3 is 1.26 bits per heavy atom. The zero-order valence-electron chi connectivity index (χ0n) is 37.1. The van der Waals surface area contributed by atoms with Crippen LogP contribution in [-0.4, -0.2) is 0 Å². The van der Waals surface area contributed by atoms with Gasteiger partial charge in [-0.15, -0.1) is 0 Å². The first-order valence-corrected chi connectivity index (χ1v) is 23.0. The zero-order chi connectivity index (χ0) is 44.2. The Morgan fingerprint density at radius 2 is 0.682 bits per heavy atom. The zero-order valence-corrected chi connectivity index (χ0v) is 37.1. The topological polar surface area (TPSA) is 6.48 Å². The van der Waals surface area contributed by atoms with Crippen molar-refractivity contribution in [2.24, 2.45) is 0 Å². The van der Waals surface area contributed by atoms with E-state index in [0.717, 1.165) is 28.4 Å². The molecule has 10 aromatic rings. The predicted octanol–water partition coefficient (Wildman–Crippen LogP) is 17.0. The molecule has 0 fully saturated rings. The fourth-order valence-corrected chi connectivity index (χ4v) is 11.3. The Morgan fingerprint density at radius 1 is 0.288 bits per heavy atom. The van der Waals surface area contributed by atoms with Crippen LogP contribution in [0.3, 0.4) is 0 Å². The molecule has 1 atom stereocenters. The number of hydrogen-bond acceptors (Lipinski definition) is 2. The second-order valence-corrected chi connectivity index (χ2v) is 18.0. The van der Waals surface area contributed by atoms with Crippen molar-refractivity contribution in [1.29, 1.82) is 0 Å². The molecule has 314 valence electrons. The highest BCUT2D eigenvalue weighted by Gasteiger charge is 2.55. The van der Waals surface area contributed by atoms with E-state index in [-0.39, 0.29) is 5.41 Å². The molecule has 0 N–H and O–H groups in total. The lowest BCUT2D eigenvalue weighted by molar-refractivity contribution is 0.564. The highest BCUT2D eigenvalue weighted by Crippen LogP contribution is 2.65. The average Bonchev–Trinajstić information content (AvgIpc) is 3.69. The number of anilines is 6. The third kappa shape index (κ3) is 6.10. The lowest BCUT2D eigenvalue weighted by Crippen LogP contribution is -2.41. The van der Waals surface area contributed by atoms with Gasteiger partial charge in [0.2, 0.25) is 0 Å². The normalized spacial score (nSPS) is 15.0. The van der Waals surface area contributed by atoms with Crippen molar-refractivity contribution in [1.82, 2.24) is 0 Å². The molecule has 1 spiro atoms. The molecule has 0 radical (unpaired) electrons. The Balaban J connectivity index is 1.15. The van der Waals surface area contributed by atoms with Crippen LogP contribution >= 0.6 is 0 Å². The van der Waals surface area contributed by atoms with Crippen LogP contribution in [0.4, 0.5) is 34.1 Å². The van der Waals surface area contributed by atoms with Crippen LogP contribution < -0.4 is 9.80 Å². The Bertz CT molecular complexity index is 3390. The maximum Gasteiger partial charge on any atom is 0.0721 e. The summed E-state index contributed by atoms with van der Waals surface area (Å²) in [6, 6.07) is 93.8. The van der Waals surface area contributed by atoms with Crippen molar-refractivity contribution in [3.8, 4) is 33.4 Å². The van der Waals surface area contributed by atoms with Crippen molar-refractivity contribution < 1.29 is 0 Å². The molecule has 0 aromatic heterocycles. The van der Waals surface area contributed by atoms with E-state index in [1.807, 2.05) is 0 Å². The number of rotatable bonds is 8. The standard InChI is InChI=1S/C64H48N2/c1-63(2)55-37-17-18-38-56(55)64(58-40-22-42-60(62(58)63)66(50-31-13-6-14-32-50)52-34-20-28-48(44-52)46-25-9-4-10-26-46)54-36-16-15-35-53(54)61-57(64)39-21-41-59(61)65(49-29-11-5-12-30-49)51-33-19-27-47(43-51)45-23-7-3-8-24-45/h3-44H,1-2H3. The van der Waals surface area contributed by atoms with Gasteiger partial charge >= 0.3 is 0 Å². The maximum atomic E-state index is 2.49. The molecular formula is C64H48N2. The van der Waals surface area contributed by atoms with E-state index in [0.29, 0.717) is 0 Å². The van der Waals surface area contributed by atoms with E-state index in [1.165, 1.54) is 72.4 Å². The summed E-state index contributed by atoms with van der Waals surface area (Å²) in [6.07, 6.45) is 0. The van der Waals surface area contributed by atoms with Crippen molar-refractivity contribution >= 4 is 34.1 Å². The Kier molecular flexibility index (Phi) is 9.43. The molecule has 2 nitrogen and oxygen atoms in total. The third-order valence-electron chi connectivity index (χ3n) is 14.1. The van der Waals surface area contributed by atoms with E-state index in [1.54, 1.807) is 0 Å². The molecule has 10 aromatic carbocycles. The Labute approximate surface area is 388 Å². The van der Waals surface area contributed by atoms with E-state index < -0.39 is 5.41 Å². The molecule has 2 aliphatic carbocycles. The predicted molar refractivity (Wildman–Crippen MR) is 276 cm³/mol. The van der Waals surface area contributed by atoms with Crippen molar-refractivity contribution in [3.63, 3.8) is 0 Å². The summed E-state index contributed by atoms with van der Waals surface area (Å²) in [7, 11) is 0. The Hall–Kier alpha value is -8.20. The van der Waals surface area contributed by atoms with Crippen LogP contribution in [0.15, 0.2) is 255 Å². The van der Waals surface area contributed by atoms with Gasteiger partial charge in [0.25, 0.3) is 0 Å². The minimum Gasteiger partial charge on any atom is -0.310 e. The number of nitrogens with zero attached hydrogens (tertiary/aromatic N) is 2. The van der Waals surface area contributed by atoms with Gasteiger partial charge in [-0.2, -0.15) is 0 Å². The van der Waals surface area contributed by atoms with Crippen LogP contribution in [0.25, 0.3) is 33.4 Å². The van der Waals surface area contributed by atoms with E-state index in [9.17, 15) is 0 Å². The van der Waals surface area contributed by atoms with Crippen LogP contribution in [0.5, 0.6) is 0 Å². The number of hydrogen-bond donors (Lipinski definition) is 0. The third-order valence-corrected chi connectivity index (χ3v) is 14.1. The highest BCUT2D eigenvalue weighted by molar-refractivity contribution is 5.99. The van der Waals surface area contributed by atoms with Crippen LogP contribution in [-0.2, 0) is 10.8 Å². The van der Waals surface area contributed by atoms with Crippen LogP contribution in [0.2, 0.25) is 0 Å². The highest BCUT2D eigenvalue weighted by atomic mass is 15.2. The van der Waals surface area contributed by atoms with Crippen LogP contribution in [0, 0.1) is 0 Å². The maximum absolute atomic E-state index is 2.49. The minimum absolute atomic E-state index is 0.374. The number of fused-ring (bicyclic) bond motifs is 9. The minimum atomic E-state index is -0.623. The molecule has 2 aliphatic rings. The van der Waals surface area contributed by atoms with Gasteiger partial charge in [0.1, 0.15) is 0 Å². The van der Waals surface area contributed by atoms with E-state index in [2.05, 4.69) is 278 Å². The van der Waals surface area contributed by atoms with Crippen molar-refractivity contribution in [2.75, 3.05) is 9.80 Å². The van der Waals surface area contributed by atoms with Crippen molar-refractivity contribution in [2.45, 2.75) is 24.7 Å². The summed E-state index contributed by atoms with van der Waals surface area (Å²) in [5, 5.41) is 0. The summed E-state index contributed by atoms with van der Waals surface area (Å²) in [5.41, 5.74) is 20.9.